The highest BCUT2D eigenvalue weighted by Gasteiger charge is 2.19. The van der Waals surface area contributed by atoms with Crippen LogP contribution in [0.4, 0.5) is 0 Å². The Bertz CT molecular complexity index is 2420. The van der Waals surface area contributed by atoms with Gasteiger partial charge in [0.25, 0.3) is 0 Å². The van der Waals surface area contributed by atoms with Crippen molar-refractivity contribution in [2.75, 3.05) is 0 Å². The maximum Gasteiger partial charge on any atom is 0.0723 e. The Morgan fingerprint density at radius 3 is 1.90 bits per heavy atom. The van der Waals surface area contributed by atoms with Crippen LogP contribution in [0.1, 0.15) is 0 Å². The molecule has 3 aromatic heterocycles. The summed E-state index contributed by atoms with van der Waals surface area (Å²) < 4.78 is 4.81. The second kappa shape index (κ2) is 8.05. The quantitative estimate of drug-likeness (QED) is 0.227. The highest BCUT2D eigenvalue weighted by Crippen LogP contribution is 2.41. The van der Waals surface area contributed by atoms with Gasteiger partial charge in [-0.3, -0.25) is 4.98 Å². The average Bonchev–Trinajstić information content (AvgIpc) is 3.53. The zero-order valence-electron chi connectivity index (χ0n) is 21.6. The molecule has 0 saturated heterocycles. The van der Waals surface area contributed by atoms with E-state index in [0.717, 1.165) is 11.1 Å². The van der Waals surface area contributed by atoms with E-state index in [4.69, 9.17) is 0 Å². The van der Waals surface area contributed by atoms with Gasteiger partial charge in [-0.2, -0.15) is 0 Å². The van der Waals surface area contributed by atoms with Crippen LogP contribution in [0.25, 0.3) is 76.5 Å². The third-order valence-corrected chi connectivity index (χ3v) is 8.34. The van der Waals surface area contributed by atoms with Gasteiger partial charge in [0.15, 0.2) is 0 Å². The second-order valence-corrected chi connectivity index (χ2v) is 10.5. The Morgan fingerprint density at radius 2 is 1.07 bits per heavy atom. The standard InChI is InChI=1S/C37H23N3/c1-2-11-26(12-3-1)39-33-16-8-6-14-28(33)30-19-18-24-20-35-32(21-31(24)37(30)39)29-15-7-9-17-34(29)40(35)36-23-38-22-25-10-4-5-13-27(25)36/h1-23H. The Balaban J connectivity index is 1.47. The summed E-state index contributed by atoms with van der Waals surface area (Å²) in [5.41, 5.74) is 7.11. The van der Waals surface area contributed by atoms with Crippen molar-refractivity contribution in [3.8, 4) is 11.4 Å². The summed E-state index contributed by atoms with van der Waals surface area (Å²) in [6.07, 6.45) is 3.94. The van der Waals surface area contributed by atoms with Gasteiger partial charge in [0.1, 0.15) is 0 Å². The number of para-hydroxylation sites is 3. The molecule has 0 aliphatic heterocycles. The summed E-state index contributed by atoms with van der Waals surface area (Å²) in [6, 6.07) is 46.0. The molecule has 9 rings (SSSR count). The van der Waals surface area contributed by atoms with Gasteiger partial charge in [-0.15, -0.1) is 0 Å². The maximum absolute atomic E-state index is 4.63. The lowest BCUT2D eigenvalue weighted by Gasteiger charge is -2.12. The van der Waals surface area contributed by atoms with Crippen molar-refractivity contribution in [3.63, 3.8) is 0 Å². The van der Waals surface area contributed by atoms with Crippen LogP contribution in [-0.4, -0.2) is 14.1 Å². The molecule has 186 valence electrons. The van der Waals surface area contributed by atoms with Gasteiger partial charge in [0.2, 0.25) is 0 Å². The van der Waals surface area contributed by atoms with Crippen LogP contribution >= 0.6 is 0 Å². The van der Waals surface area contributed by atoms with E-state index in [9.17, 15) is 0 Å². The van der Waals surface area contributed by atoms with Crippen LogP contribution in [0.15, 0.2) is 140 Å². The average molecular weight is 510 g/mol. The first-order valence-electron chi connectivity index (χ1n) is 13.6. The fraction of sp³-hybridized carbons (Fsp3) is 0. The predicted molar refractivity (Wildman–Crippen MR) is 168 cm³/mol. The summed E-state index contributed by atoms with van der Waals surface area (Å²) in [7, 11) is 0. The van der Waals surface area contributed by atoms with Crippen LogP contribution in [-0.2, 0) is 0 Å². The molecule has 0 atom stereocenters. The summed E-state index contributed by atoms with van der Waals surface area (Å²) in [4.78, 5) is 4.63. The van der Waals surface area contributed by atoms with Crippen LogP contribution in [0.2, 0.25) is 0 Å². The maximum atomic E-state index is 4.63. The Morgan fingerprint density at radius 1 is 0.400 bits per heavy atom. The largest absolute Gasteiger partial charge is 0.309 e. The fourth-order valence-corrected chi connectivity index (χ4v) is 6.63. The number of hydrogen-bond donors (Lipinski definition) is 0. The van der Waals surface area contributed by atoms with Gasteiger partial charge in [0, 0.05) is 49.6 Å². The van der Waals surface area contributed by atoms with Crippen LogP contribution in [0, 0.1) is 0 Å². The molecule has 0 bridgehead atoms. The Hall–Kier alpha value is -5.41. The minimum atomic E-state index is 1.10. The van der Waals surface area contributed by atoms with Crippen molar-refractivity contribution < 1.29 is 0 Å². The van der Waals surface area contributed by atoms with Gasteiger partial charge in [-0.05, 0) is 41.8 Å². The fourth-order valence-electron chi connectivity index (χ4n) is 6.63. The van der Waals surface area contributed by atoms with Crippen molar-refractivity contribution in [1.82, 2.24) is 14.1 Å². The molecule has 0 unspecified atom stereocenters. The lowest BCUT2D eigenvalue weighted by Crippen LogP contribution is -1.96. The lowest BCUT2D eigenvalue weighted by molar-refractivity contribution is 1.16. The first-order valence-corrected chi connectivity index (χ1v) is 13.6. The number of rotatable bonds is 2. The first-order chi connectivity index (χ1) is 19.9. The summed E-state index contributed by atoms with van der Waals surface area (Å²) >= 11 is 0. The van der Waals surface area contributed by atoms with E-state index in [2.05, 4.69) is 142 Å². The first kappa shape index (κ1) is 21.5. The SMILES string of the molecule is c1ccc(-n2c3ccccc3c3ccc4cc5c(cc4c32)c2ccccc2n5-c2cncc3ccccc23)cc1. The Labute approximate surface area is 230 Å². The molecule has 0 spiro atoms. The molecular weight excluding hydrogens is 486 g/mol. The number of fused-ring (bicyclic) bond motifs is 9. The van der Waals surface area contributed by atoms with Gasteiger partial charge < -0.3 is 9.13 Å². The smallest absolute Gasteiger partial charge is 0.0723 e. The zero-order chi connectivity index (χ0) is 26.2. The highest BCUT2D eigenvalue weighted by molar-refractivity contribution is 6.23. The van der Waals surface area contributed by atoms with E-state index in [0.29, 0.717) is 0 Å². The molecule has 3 nitrogen and oxygen atoms in total. The molecule has 0 saturated carbocycles. The van der Waals surface area contributed by atoms with E-state index >= 15 is 0 Å². The third kappa shape index (κ3) is 2.86. The zero-order valence-corrected chi connectivity index (χ0v) is 21.6. The van der Waals surface area contributed by atoms with Gasteiger partial charge in [0.05, 0.1) is 34.0 Å². The normalized spacial score (nSPS) is 12.0. The number of pyridine rings is 1. The molecule has 3 heterocycles. The summed E-state index contributed by atoms with van der Waals surface area (Å²) in [5, 5.41) is 9.84. The predicted octanol–water partition coefficient (Wildman–Crippen LogP) is 9.58. The molecule has 0 aliphatic rings. The summed E-state index contributed by atoms with van der Waals surface area (Å²) in [5.74, 6) is 0. The van der Waals surface area contributed by atoms with Gasteiger partial charge in [-0.1, -0.05) is 91.0 Å². The molecule has 9 aromatic rings. The molecule has 0 fully saturated rings. The van der Waals surface area contributed by atoms with Crippen LogP contribution in [0.5, 0.6) is 0 Å². The number of hydrogen-bond acceptors (Lipinski definition) is 1. The van der Waals surface area contributed by atoms with E-state index < -0.39 is 0 Å². The van der Waals surface area contributed by atoms with E-state index in [-0.39, 0.29) is 0 Å². The molecule has 0 radical (unpaired) electrons. The van der Waals surface area contributed by atoms with E-state index in [1.54, 1.807) is 0 Å². The minimum Gasteiger partial charge on any atom is -0.309 e. The number of nitrogens with zero attached hydrogens (tertiary/aromatic N) is 3. The number of benzene rings is 6. The second-order valence-electron chi connectivity index (χ2n) is 10.5. The van der Waals surface area contributed by atoms with Crippen molar-refractivity contribution in [3.05, 3.63) is 140 Å². The van der Waals surface area contributed by atoms with Crippen LogP contribution in [0.3, 0.4) is 0 Å². The molecular formula is C37H23N3. The van der Waals surface area contributed by atoms with E-state index in [1.165, 1.54) is 65.5 Å². The minimum absolute atomic E-state index is 1.10. The number of aromatic nitrogens is 3. The van der Waals surface area contributed by atoms with Crippen molar-refractivity contribution in [2.45, 2.75) is 0 Å². The van der Waals surface area contributed by atoms with Gasteiger partial charge >= 0.3 is 0 Å². The Kier molecular flexibility index (Phi) is 4.33. The molecule has 0 aliphatic carbocycles. The van der Waals surface area contributed by atoms with E-state index in [1.807, 2.05) is 12.4 Å². The van der Waals surface area contributed by atoms with Crippen LogP contribution < -0.4 is 0 Å². The molecule has 40 heavy (non-hydrogen) atoms. The molecule has 6 aromatic carbocycles. The lowest BCUT2D eigenvalue weighted by atomic mass is 10.0. The molecule has 0 amide bonds. The molecule has 0 N–H and O–H groups in total. The molecule has 3 heteroatoms. The van der Waals surface area contributed by atoms with Crippen molar-refractivity contribution in [2.24, 2.45) is 0 Å². The van der Waals surface area contributed by atoms with Crippen molar-refractivity contribution >= 4 is 65.2 Å². The highest BCUT2D eigenvalue weighted by atomic mass is 15.0. The third-order valence-electron chi connectivity index (χ3n) is 8.34. The monoisotopic (exact) mass is 509 g/mol. The van der Waals surface area contributed by atoms with Crippen molar-refractivity contribution in [1.29, 1.82) is 0 Å². The topological polar surface area (TPSA) is 22.8 Å². The summed E-state index contributed by atoms with van der Waals surface area (Å²) in [6.45, 7) is 0. The van der Waals surface area contributed by atoms with Gasteiger partial charge in [-0.25, -0.2) is 0 Å².